The highest BCUT2D eigenvalue weighted by atomic mass is 16.2. The number of hydrogen-bond donors (Lipinski definition) is 1. The van der Waals surface area contributed by atoms with E-state index in [9.17, 15) is 4.79 Å². The first kappa shape index (κ1) is 14.2. The SMILES string of the molecule is CCCn1c(NC(=O)c2cnc(C)cn2)nc2ccccc21. The molecule has 0 saturated carbocycles. The molecule has 1 aromatic carbocycles. The number of rotatable bonds is 4. The maximum Gasteiger partial charge on any atom is 0.278 e. The van der Waals surface area contributed by atoms with Crippen molar-refractivity contribution < 1.29 is 4.79 Å². The van der Waals surface area contributed by atoms with Gasteiger partial charge in [-0.3, -0.25) is 15.1 Å². The third-order valence-corrected chi connectivity index (χ3v) is 3.34. The van der Waals surface area contributed by atoms with Crippen molar-refractivity contribution in [2.24, 2.45) is 0 Å². The first-order chi connectivity index (χ1) is 10.7. The molecule has 3 rings (SSSR count). The molecule has 0 fully saturated rings. The number of nitrogens with zero attached hydrogens (tertiary/aromatic N) is 4. The zero-order valence-electron chi connectivity index (χ0n) is 12.6. The van der Waals surface area contributed by atoms with Gasteiger partial charge < -0.3 is 4.57 Å². The Morgan fingerprint density at radius 2 is 2.05 bits per heavy atom. The summed E-state index contributed by atoms with van der Waals surface area (Å²) >= 11 is 0. The van der Waals surface area contributed by atoms with Crippen molar-refractivity contribution in [3.8, 4) is 0 Å². The van der Waals surface area contributed by atoms with Gasteiger partial charge in [0.2, 0.25) is 5.95 Å². The van der Waals surface area contributed by atoms with E-state index in [2.05, 4.69) is 27.2 Å². The fourth-order valence-electron chi connectivity index (χ4n) is 2.30. The molecule has 0 bridgehead atoms. The number of hydrogen-bond acceptors (Lipinski definition) is 4. The Labute approximate surface area is 128 Å². The molecule has 22 heavy (non-hydrogen) atoms. The number of benzene rings is 1. The molecular formula is C16H17N5O. The van der Waals surface area contributed by atoms with Crippen LogP contribution in [0, 0.1) is 6.92 Å². The molecule has 0 spiro atoms. The Balaban J connectivity index is 1.94. The van der Waals surface area contributed by atoms with Crippen molar-refractivity contribution in [3.63, 3.8) is 0 Å². The molecule has 6 nitrogen and oxygen atoms in total. The van der Waals surface area contributed by atoms with Crippen LogP contribution in [0.1, 0.15) is 29.5 Å². The lowest BCUT2D eigenvalue weighted by atomic mass is 10.3. The van der Waals surface area contributed by atoms with Gasteiger partial charge in [0, 0.05) is 12.7 Å². The molecule has 2 aromatic heterocycles. The van der Waals surface area contributed by atoms with Gasteiger partial charge in [0.25, 0.3) is 5.91 Å². The van der Waals surface area contributed by atoms with E-state index in [1.54, 1.807) is 6.20 Å². The van der Waals surface area contributed by atoms with Crippen LogP contribution in [0.5, 0.6) is 0 Å². The van der Waals surface area contributed by atoms with E-state index in [4.69, 9.17) is 0 Å². The minimum absolute atomic E-state index is 0.278. The monoisotopic (exact) mass is 295 g/mol. The van der Waals surface area contributed by atoms with Crippen LogP contribution in [0.3, 0.4) is 0 Å². The molecule has 0 radical (unpaired) electrons. The van der Waals surface area contributed by atoms with Gasteiger partial charge in [0.15, 0.2) is 0 Å². The molecule has 1 N–H and O–H groups in total. The van der Waals surface area contributed by atoms with Crippen molar-refractivity contribution in [1.82, 2.24) is 19.5 Å². The van der Waals surface area contributed by atoms with Crippen LogP contribution in [-0.4, -0.2) is 25.4 Å². The summed E-state index contributed by atoms with van der Waals surface area (Å²) in [5, 5.41) is 2.83. The molecule has 6 heteroatoms. The maximum absolute atomic E-state index is 12.3. The minimum Gasteiger partial charge on any atom is -0.310 e. The number of para-hydroxylation sites is 2. The molecule has 1 amide bonds. The summed E-state index contributed by atoms with van der Waals surface area (Å²) in [7, 11) is 0. The van der Waals surface area contributed by atoms with E-state index >= 15 is 0 Å². The van der Waals surface area contributed by atoms with Gasteiger partial charge in [-0.25, -0.2) is 9.97 Å². The maximum atomic E-state index is 12.3. The lowest BCUT2D eigenvalue weighted by molar-refractivity contribution is 0.102. The van der Waals surface area contributed by atoms with Gasteiger partial charge in [0.05, 0.1) is 22.9 Å². The van der Waals surface area contributed by atoms with Crippen LogP contribution >= 0.6 is 0 Å². The zero-order valence-corrected chi connectivity index (χ0v) is 12.6. The van der Waals surface area contributed by atoms with Gasteiger partial charge in [-0.2, -0.15) is 0 Å². The topological polar surface area (TPSA) is 72.7 Å². The number of fused-ring (bicyclic) bond motifs is 1. The fourth-order valence-corrected chi connectivity index (χ4v) is 2.30. The molecule has 0 atom stereocenters. The Bertz CT molecular complexity index is 807. The van der Waals surface area contributed by atoms with Gasteiger partial charge >= 0.3 is 0 Å². The van der Waals surface area contributed by atoms with Gasteiger partial charge in [0.1, 0.15) is 5.69 Å². The number of imidazole rings is 1. The van der Waals surface area contributed by atoms with Crippen molar-refractivity contribution in [2.45, 2.75) is 26.8 Å². The summed E-state index contributed by atoms with van der Waals surface area (Å²) in [6.07, 6.45) is 4.00. The summed E-state index contributed by atoms with van der Waals surface area (Å²) in [6, 6.07) is 7.83. The van der Waals surface area contributed by atoms with Crippen LogP contribution in [0.15, 0.2) is 36.7 Å². The van der Waals surface area contributed by atoms with Crippen LogP contribution in [-0.2, 0) is 6.54 Å². The highest BCUT2D eigenvalue weighted by Gasteiger charge is 2.14. The normalized spacial score (nSPS) is 10.8. The largest absolute Gasteiger partial charge is 0.310 e. The lowest BCUT2D eigenvalue weighted by Crippen LogP contribution is -2.17. The summed E-state index contributed by atoms with van der Waals surface area (Å²) in [5.41, 5.74) is 2.92. The Kier molecular flexibility index (Phi) is 3.82. The van der Waals surface area contributed by atoms with Gasteiger partial charge in [-0.05, 0) is 25.5 Å². The van der Waals surface area contributed by atoms with Crippen molar-refractivity contribution >= 4 is 22.9 Å². The zero-order chi connectivity index (χ0) is 15.5. The van der Waals surface area contributed by atoms with Crippen molar-refractivity contribution in [2.75, 3.05) is 5.32 Å². The predicted octanol–water partition coefficient (Wildman–Crippen LogP) is 2.80. The molecule has 0 saturated heterocycles. The van der Waals surface area contributed by atoms with Gasteiger partial charge in [-0.1, -0.05) is 19.1 Å². The predicted molar refractivity (Wildman–Crippen MR) is 84.7 cm³/mol. The molecule has 3 aromatic rings. The standard InChI is InChI=1S/C16H17N5O/c1-3-8-21-14-7-5-4-6-12(14)19-16(21)20-15(22)13-10-17-11(2)9-18-13/h4-7,9-10H,3,8H2,1-2H3,(H,19,20,22). The molecule has 0 aliphatic heterocycles. The summed E-state index contributed by atoms with van der Waals surface area (Å²) < 4.78 is 2.01. The smallest absolute Gasteiger partial charge is 0.278 e. The molecular weight excluding hydrogens is 278 g/mol. The van der Waals surface area contributed by atoms with E-state index in [0.29, 0.717) is 5.95 Å². The fraction of sp³-hybridized carbons (Fsp3) is 0.250. The van der Waals surface area contributed by atoms with E-state index in [1.165, 1.54) is 6.20 Å². The number of anilines is 1. The molecule has 0 aliphatic carbocycles. The van der Waals surface area contributed by atoms with Crippen LogP contribution in [0.2, 0.25) is 0 Å². The first-order valence-electron chi connectivity index (χ1n) is 7.24. The first-order valence-corrected chi connectivity index (χ1v) is 7.24. The summed E-state index contributed by atoms with van der Waals surface area (Å²) in [5.74, 6) is 0.232. The Hall–Kier alpha value is -2.76. The van der Waals surface area contributed by atoms with Crippen LogP contribution < -0.4 is 5.32 Å². The van der Waals surface area contributed by atoms with E-state index in [1.807, 2.05) is 35.8 Å². The summed E-state index contributed by atoms with van der Waals surface area (Å²) in [4.78, 5) is 25.0. The van der Waals surface area contributed by atoms with Crippen molar-refractivity contribution in [3.05, 3.63) is 48.0 Å². The number of amides is 1. The molecule has 0 aliphatic rings. The number of carbonyl (C=O) groups excluding carboxylic acids is 1. The average molecular weight is 295 g/mol. The van der Waals surface area contributed by atoms with Gasteiger partial charge in [-0.15, -0.1) is 0 Å². The average Bonchev–Trinajstić information content (AvgIpc) is 2.86. The number of aromatic nitrogens is 4. The van der Waals surface area contributed by atoms with Crippen molar-refractivity contribution in [1.29, 1.82) is 0 Å². The quantitative estimate of drug-likeness (QED) is 0.803. The second-order valence-corrected chi connectivity index (χ2v) is 5.07. The third kappa shape index (κ3) is 2.67. The number of carbonyl (C=O) groups is 1. The third-order valence-electron chi connectivity index (χ3n) is 3.34. The number of aryl methyl sites for hydroxylation is 2. The second-order valence-electron chi connectivity index (χ2n) is 5.07. The highest BCUT2D eigenvalue weighted by molar-refractivity contribution is 6.02. The van der Waals surface area contributed by atoms with Crippen LogP contribution in [0.25, 0.3) is 11.0 Å². The molecule has 2 heterocycles. The second kappa shape index (κ2) is 5.93. The minimum atomic E-state index is -0.305. The molecule has 112 valence electrons. The Morgan fingerprint density at radius 3 is 2.77 bits per heavy atom. The lowest BCUT2D eigenvalue weighted by Gasteiger charge is -2.08. The van der Waals surface area contributed by atoms with Crippen LogP contribution in [0.4, 0.5) is 5.95 Å². The van der Waals surface area contributed by atoms with E-state index < -0.39 is 0 Å². The highest BCUT2D eigenvalue weighted by Crippen LogP contribution is 2.20. The van der Waals surface area contributed by atoms with E-state index in [0.717, 1.165) is 29.7 Å². The summed E-state index contributed by atoms with van der Waals surface area (Å²) in [6.45, 7) is 4.71. The molecule has 0 unspecified atom stereocenters. The van der Waals surface area contributed by atoms with E-state index in [-0.39, 0.29) is 11.6 Å². The Morgan fingerprint density at radius 1 is 1.23 bits per heavy atom. The number of nitrogens with one attached hydrogen (secondary N) is 1.